The van der Waals surface area contributed by atoms with Crippen LogP contribution in [0.15, 0.2) is 0 Å². The van der Waals surface area contributed by atoms with Crippen LogP contribution in [0, 0.1) is 17.8 Å². The molecule has 0 aromatic rings. The fraction of sp³-hybridized carbons (Fsp3) is 1.00. The van der Waals surface area contributed by atoms with Crippen LogP contribution in [-0.4, -0.2) is 12.6 Å². The van der Waals surface area contributed by atoms with Gasteiger partial charge in [0.05, 0.1) is 0 Å². The summed E-state index contributed by atoms with van der Waals surface area (Å²) in [6.07, 6.45) is 11.6. The van der Waals surface area contributed by atoms with E-state index in [1.54, 1.807) is 0 Å². The van der Waals surface area contributed by atoms with Gasteiger partial charge in [-0.1, -0.05) is 39.5 Å². The first kappa shape index (κ1) is 12.4. The molecule has 1 N–H and O–H groups in total. The molecule has 3 atom stereocenters. The molecule has 0 radical (unpaired) electrons. The van der Waals surface area contributed by atoms with E-state index in [4.69, 9.17) is 0 Å². The van der Waals surface area contributed by atoms with E-state index in [2.05, 4.69) is 19.2 Å². The third-order valence-electron chi connectivity index (χ3n) is 4.58. The average molecular weight is 223 g/mol. The molecule has 0 heterocycles. The van der Waals surface area contributed by atoms with Crippen molar-refractivity contribution in [3.8, 4) is 0 Å². The van der Waals surface area contributed by atoms with Crippen LogP contribution in [0.1, 0.15) is 65.2 Å². The molecule has 0 aliphatic heterocycles. The van der Waals surface area contributed by atoms with Crippen molar-refractivity contribution < 1.29 is 0 Å². The third-order valence-corrected chi connectivity index (χ3v) is 4.58. The van der Waals surface area contributed by atoms with Crippen molar-refractivity contribution in [2.24, 2.45) is 17.8 Å². The Morgan fingerprint density at radius 1 is 1.06 bits per heavy atom. The van der Waals surface area contributed by atoms with Gasteiger partial charge in [0.2, 0.25) is 0 Å². The van der Waals surface area contributed by atoms with Crippen molar-refractivity contribution in [1.29, 1.82) is 0 Å². The molecule has 2 saturated carbocycles. The second kappa shape index (κ2) is 6.05. The summed E-state index contributed by atoms with van der Waals surface area (Å²) in [6, 6.07) is 0.895. The SMILES string of the molecule is CCCCC1CC(C)CCC1CNC1CC1. The van der Waals surface area contributed by atoms with Gasteiger partial charge in [-0.2, -0.15) is 0 Å². The Hall–Kier alpha value is -0.0400. The molecule has 0 aromatic carbocycles. The summed E-state index contributed by atoms with van der Waals surface area (Å²) in [5.74, 6) is 3.00. The minimum atomic E-state index is 0.895. The lowest BCUT2D eigenvalue weighted by Crippen LogP contribution is -2.33. The molecule has 0 saturated heterocycles. The first-order valence-electron chi connectivity index (χ1n) is 7.53. The zero-order chi connectivity index (χ0) is 11.4. The summed E-state index contributed by atoms with van der Waals surface area (Å²) in [5, 5.41) is 3.75. The van der Waals surface area contributed by atoms with E-state index >= 15 is 0 Å². The maximum atomic E-state index is 3.75. The molecule has 94 valence electrons. The van der Waals surface area contributed by atoms with Gasteiger partial charge in [-0.15, -0.1) is 0 Å². The average Bonchev–Trinajstić information content (AvgIpc) is 3.09. The second-order valence-electron chi connectivity index (χ2n) is 6.26. The van der Waals surface area contributed by atoms with Gasteiger partial charge in [0.1, 0.15) is 0 Å². The van der Waals surface area contributed by atoms with E-state index in [9.17, 15) is 0 Å². The fourth-order valence-corrected chi connectivity index (χ4v) is 3.26. The van der Waals surface area contributed by atoms with Gasteiger partial charge in [0, 0.05) is 6.04 Å². The van der Waals surface area contributed by atoms with Gasteiger partial charge in [-0.3, -0.25) is 0 Å². The molecule has 1 heteroatoms. The summed E-state index contributed by atoms with van der Waals surface area (Å²) in [6.45, 7) is 6.08. The van der Waals surface area contributed by atoms with Crippen molar-refractivity contribution in [2.45, 2.75) is 71.3 Å². The second-order valence-corrected chi connectivity index (χ2v) is 6.26. The smallest absolute Gasteiger partial charge is 0.00683 e. The van der Waals surface area contributed by atoms with E-state index < -0.39 is 0 Å². The Kier molecular flexibility index (Phi) is 4.69. The predicted octanol–water partition coefficient (Wildman–Crippen LogP) is 3.98. The van der Waals surface area contributed by atoms with Crippen LogP contribution in [0.4, 0.5) is 0 Å². The summed E-state index contributed by atoms with van der Waals surface area (Å²) in [7, 11) is 0. The number of nitrogens with one attached hydrogen (secondary N) is 1. The van der Waals surface area contributed by atoms with Crippen LogP contribution in [0.2, 0.25) is 0 Å². The highest BCUT2D eigenvalue weighted by Gasteiger charge is 2.29. The maximum Gasteiger partial charge on any atom is 0.00683 e. The van der Waals surface area contributed by atoms with E-state index in [0.29, 0.717) is 0 Å². The first-order valence-corrected chi connectivity index (χ1v) is 7.53. The van der Waals surface area contributed by atoms with Crippen molar-refractivity contribution in [2.75, 3.05) is 6.54 Å². The Labute approximate surface area is 101 Å². The molecule has 0 amide bonds. The van der Waals surface area contributed by atoms with Crippen LogP contribution in [0.5, 0.6) is 0 Å². The minimum Gasteiger partial charge on any atom is -0.314 e. The van der Waals surface area contributed by atoms with Gasteiger partial charge < -0.3 is 5.32 Å². The Bertz CT molecular complexity index is 198. The zero-order valence-corrected chi connectivity index (χ0v) is 11.2. The molecule has 1 nitrogen and oxygen atoms in total. The normalized spacial score (nSPS) is 35.2. The third kappa shape index (κ3) is 3.76. The van der Waals surface area contributed by atoms with E-state index in [1.165, 1.54) is 57.9 Å². The monoisotopic (exact) mass is 223 g/mol. The van der Waals surface area contributed by atoms with Crippen molar-refractivity contribution in [1.82, 2.24) is 5.32 Å². The standard InChI is InChI=1S/C15H29N/c1-3-4-5-13-10-12(2)6-7-14(13)11-16-15-8-9-15/h12-16H,3-11H2,1-2H3. The molecule has 0 spiro atoms. The Morgan fingerprint density at radius 3 is 2.56 bits per heavy atom. The summed E-state index contributed by atoms with van der Waals surface area (Å²) < 4.78 is 0. The molecule has 0 bridgehead atoms. The van der Waals surface area contributed by atoms with Gasteiger partial charge in [0.15, 0.2) is 0 Å². The Balaban J connectivity index is 1.75. The maximum absolute atomic E-state index is 3.75. The van der Waals surface area contributed by atoms with Gasteiger partial charge in [-0.05, 0) is 50.0 Å². The molecular weight excluding hydrogens is 194 g/mol. The van der Waals surface area contributed by atoms with Crippen LogP contribution in [-0.2, 0) is 0 Å². The summed E-state index contributed by atoms with van der Waals surface area (Å²) >= 11 is 0. The van der Waals surface area contributed by atoms with E-state index in [-0.39, 0.29) is 0 Å². The minimum absolute atomic E-state index is 0.895. The van der Waals surface area contributed by atoms with E-state index in [0.717, 1.165) is 23.8 Å². The van der Waals surface area contributed by atoms with Crippen LogP contribution < -0.4 is 5.32 Å². The molecule has 16 heavy (non-hydrogen) atoms. The van der Waals surface area contributed by atoms with Gasteiger partial charge >= 0.3 is 0 Å². The molecule has 0 aromatic heterocycles. The number of rotatable bonds is 6. The van der Waals surface area contributed by atoms with Crippen molar-refractivity contribution >= 4 is 0 Å². The van der Waals surface area contributed by atoms with Crippen LogP contribution in [0.3, 0.4) is 0 Å². The molecule has 2 aliphatic carbocycles. The number of hydrogen-bond donors (Lipinski definition) is 1. The van der Waals surface area contributed by atoms with Crippen LogP contribution >= 0.6 is 0 Å². The van der Waals surface area contributed by atoms with Crippen LogP contribution in [0.25, 0.3) is 0 Å². The molecule has 2 fully saturated rings. The molecule has 2 aliphatic rings. The van der Waals surface area contributed by atoms with Crippen molar-refractivity contribution in [3.05, 3.63) is 0 Å². The lowest BCUT2D eigenvalue weighted by atomic mass is 9.72. The highest BCUT2D eigenvalue weighted by molar-refractivity contribution is 4.85. The Morgan fingerprint density at radius 2 is 1.88 bits per heavy atom. The first-order chi connectivity index (χ1) is 7.79. The van der Waals surface area contributed by atoms with Crippen molar-refractivity contribution in [3.63, 3.8) is 0 Å². The summed E-state index contributed by atoms with van der Waals surface area (Å²) in [4.78, 5) is 0. The molecule has 3 unspecified atom stereocenters. The largest absolute Gasteiger partial charge is 0.314 e. The van der Waals surface area contributed by atoms with Gasteiger partial charge in [-0.25, -0.2) is 0 Å². The van der Waals surface area contributed by atoms with Gasteiger partial charge in [0.25, 0.3) is 0 Å². The number of hydrogen-bond acceptors (Lipinski definition) is 1. The fourth-order valence-electron chi connectivity index (χ4n) is 3.26. The topological polar surface area (TPSA) is 12.0 Å². The molecule has 2 rings (SSSR count). The lowest BCUT2D eigenvalue weighted by molar-refractivity contribution is 0.171. The molecular formula is C15H29N. The quantitative estimate of drug-likeness (QED) is 0.718. The highest BCUT2D eigenvalue weighted by Crippen LogP contribution is 2.36. The highest BCUT2D eigenvalue weighted by atomic mass is 14.9. The summed E-state index contributed by atoms with van der Waals surface area (Å²) in [5.41, 5.74) is 0. The zero-order valence-electron chi connectivity index (χ0n) is 11.2. The predicted molar refractivity (Wildman–Crippen MR) is 70.5 cm³/mol. The van der Waals surface area contributed by atoms with E-state index in [1.807, 2.05) is 0 Å². The number of unbranched alkanes of at least 4 members (excludes halogenated alkanes) is 1. The lowest BCUT2D eigenvalue weighted by Gasteiger charge is -2.35.